The Morgan fingerprint density at radius 3 is 2.93 bits per heavy atom. The highest BCUT2D eigenvalue weighted by Gasteiger charge is 2.27. The van der Waals surface area contributed by atoms with E-state index in [1.807, 2.05) is 50.2 Å². The summed E-state index contributed by atoms with van der Waals surface area (Å²) in [5.41, 5.74) is 2.78. The molecule has 0 saturated heterocycles. The third-order valence-electron chi connectivity index (χ3n) is 4.36. The summed E-state index contributed by atoms with van der Waals surface area (Å²) in [5.74, 6) is 0.765. The molecule has 0 aliphatic carbocycles. The van der Waals surface area contributed by atoms with Gasteiger partial charge in [-0.25, -0.2) is 4.79 Å². The van der Waals surface area contributed by atoms with Crippen LogP contribution < -0.4 is 10.1 Å². The first-order chi connectivity index (χ1) is 13.5. The zero-order chi connectivity index (χ0) is 19.9. The van der Waals surface area contributed by atoms with Gasteiger partial charge < -0.3 is 19.8 Å². The summed E-state index contributed by atoms with van der Waals surface area (Å²) in [5, 5.41) is 7.15. The first kappa shape index (κ1) is 19.7. The Kier molecular flexibility index (Phi) is 6.47. The summed E-state index contributed by atoms with van der Waals surface area (Å²) in [6, 6.07) is 11.5. The van der Waals surface area contributed by atoms with Crippen molar-refractivity contribution >= 4 is 11.7 Å². The van der Waals surface area contributed by atoms with Gasteiger partial charge in [-0.3, -0.25) is 4.98 Å². The average Bonchev–Trinajstić information content (AvgIpc) is 3.16. The molecule has 1 aromatic carbocycles. The lowest BCUT2D eigenvalue weighted by molar-refractivity contribution is 0.0586. The number of amides is 2. The molecule has 2 aromatic rings. The van der Waals surface area contributed by atoms with E-state index in [4.69, 9.17) is 9.57 Å². The Balaban J connectivity index is 1.68. The Labute approximate surface area is 165 Å². The molecule has 0 saturated carbocycles. The topological polar surface area (TPSA) is 76.1 Å². The fourth-order valence-corrected chi connectivity index (χ4v) is 3.02. The van der Waals surface area contributed by atoms with Crippen molar-refractivity contribution in [1.29, 1.82) is 0 Å². The molecule has 7 heteroatoms. The molecule has 1 aromatic heterocycles. The summed E-state index contributed by atoms with van der Waals surface area (Å²) in [7, 11) is 1.63. The number of hydrogen-bond acceptors (Lipinski definition) is 5. The minimum Gasteiger partial charge on any atom is -0.497 e. The van der Waals surface area contributed by atoms with Crippen molar-refractivity contribution in [2.45, 2.75) is 39.0 Å². The summed E-state index contributed by atoms with van der Waals surface area (Å²) in [6.45, 7) is 4.77. The van der Waals surface area contributed by atoms with Gasteiger partial charge in [-0.05, 0) is 43.7 Å². The number of benzene rings is 1. The van der Waals surface area contributed by atoms with Gasteiger partial charge in [0.2, 0.25) is 0 Å². The number of nitrogens with one attached hydrogen (secondary N) is 1. The normalized spacial score (nSPS) is 15.7. The summed E-state index contributed by atoms with van der Waals surface area (Å²) in [4.78, 5) is 24.2. The molecule has 2 amide bonds. The zero-order valence-electron chi connectivity index (χ0n) is 16.5. The minimum absolute atomic E-state index is 0.0482. The minimum atomic E-state index is -0.196. The molecule has 0 bridgehead atoms. The maximum Gasteiger partial charge on any atom is 0.318 e. The van der Waals surface area contributed by atoms with Gasteiger partial charge in [0.05, 0.1) is 19.4 Å². The number of carbonyl (C=O) groups excluding carboxylic acids is 1. The highest BCUT2D eigenvalue weighted by Crippen LogP contribution is 2.19. The molecule has 2 heterocycles. The lowest BCUT2D eigenvalue weighted by Crippen LogP contribution is -2.45. The van der Waals surface area contributed by atoms with E-state index >= 15 is 0 Å². The molecular weight excluding hydrogens is 356 g/mol. The molecule has 1 unspecified atom stereocenters. The van der Waals surface area contributed by atoms with Crippen LogP contribution in [-0.2, 0) is 11.4 Å². The summed E-state index contributed by atoms with van der Waals surface area (Å²) in [6.07, 6.45) is 3.93. The van der Waals surface area contributed by atoms with E-state index in [2.05, 4.69) is 15.5 Å². The number of oxime groups is 1. The van der Waals surface area contributed by atoms with Gasteiger partial charge in [-0.15, -0.1) is 0 Å². The van der Waals surface area contributed by atoms with Crippen LogP contribution in [0.5, 0.6) is 5.75 Å². The molecule has 0 radical (unpaired) electrons. The summed E-state index contributed by atoms with van der Waals surface area (Å²) >= 11 is 0. The molecule has 0 fully saturated rings. The van der Waals surface area contributed by atoms with Gasteiger partial charge in [-0.2, -0.15) is 0 Å². The second-order valence-corrected chi connectivity index (χ2v) is 7.05. The van der Waals surface area contributed by atoms with E-state index in [0.29, 0.717) is 19.5 Å². The van der Waals surface area contributed by atoms with Crippen LogP contribution in [0.1, 0.15) is 31.4 Å². The number of aromatic nitrogens is 1. The number of carbonyl (C=O) groups is 1. The van der Waals surface area contributed by atoms with Crippen molar-refractivity contribution in [1.82, 2.24) is 15.2 Å². The van der Waals surface area contributed by atoms with Gasteiger partial charge in [0.15, 0.2) is 6.10 Å². The van der Waals surface area contributed by atoms with Crippen molar-refractivity contribution < 1.29 is 14.4 Å². The van der Waals surface area contributed by atoms with E-state index in [9.17, 15) is 4.79 Å². The predicted molar refractivity (Wildman–Crippen MR) is 107 cm³/mol. The molecule has 1 N–H and O–H groups in total. The highest BCUT2D eigenvalue weighted by atomic mass is 16.6. The molecule has 7 nitrogen and oxygen atoms in total. The van der Waals surface area contributed by atoms with Gasteiger partial charge in [0, 0.05) is 37.0 Å². The Bertz CT molecular complexity index is 823. The fraction of sp³-hybridized carbons (Fsp3) is 0.381. The van der Waals surface area contributed by atoms with Gasteiger partial charge in [0.25, 0.3) is 0 Å². The average molecular weight is 382 g/mol. The van der Waals surface area contributed by atoms with Gasteiger partial charge in [-0.1, -0.05) is 17.3 Å². The van der Waals surface area contributed by atoms with Crippen LogP contribution in [0.25, 0.3) is 0 Å². The fourth-order valence-electron chi connectivity index (χ4n) is 3.02. The maximum atomic E-state index is 12.7. The largest absolute Gasteiger partial charge is 0.497 e. The standard InChI is InChI=1S/C21H26N4O3/c1-15(2)23-21(26)25(13-16-6-4-8-18(10-16)27-3)14-19-11-20(24-28-19)17-7-5-9-22-12-17/h4-10,12,15,19H,11,13-14H2,1-3H3,(H,23,26). The van der Waals surface area contributed by atoms with Gasteiger partial charge >= 0.3 is 6.03 Å². The first-order valence-corrected chi connectivity index (χ1v) is 9.36. The lowest BCUT2D eigenvalue weighted by atomic mass is 10.1. The second-order valence-electron chi connectivity index (χ2n) is 7.05. The number of methoxy groups -OCH3 is 1. The number of hydrogen-bond donors (Lipinski definition) is 1. The number of ether oxygens (including phenoxy) is 1. The molecule has 148 valence electrons. The number of nitrogens with zero attached hydrogens (tertiary/aromatic N) is 3. The van der Waals surface area contributed by atoms with E-state index in [-0.39, 0.29) is 18.2 Å². The predicted octanol–water partition coefficient (Wildman–Crippen LogP) is 3.20. The molecule has 0 spiro atoms. The maximum absolute atomic E-state index is 12.7. The van der Waals surface area contributed by atoms with Crippen LogP contribution in [0.4, 0.5) is 4.79 Å². The van der Waals surface area contributed by atoms with E-state index in [0.717, 1.165) is 22.6 Å². The molecule has 1 aliphatic rings. The quantitative estimate of drug-likeness (QED) is 0.798. The number of pyridine rings is 1. The molecular formula is C21H26N4O3. The molecule has 1 aliphatic heterocycles. The number of urea groups is 1. The van der Waals surface area contributed by atoms with Crippen molar-refractivity contribution in [3.05, 3.63) is 59.9 Å². The van der Waals surface area contributed by atoms with E-state index < -0.39 is 0 Å². The smallest absolute Gasteiger partial charge is 0.318 e. The molecule has 28 heavy (non-hydrogen) atoms. The van der Waals surface area contributed by atoms with Crippen molar-refractivity contribution in [3.8, 4) is 5.75 Å². The van der Waals surface area contributed by atoms with Crippen molar-refractivity contribution in [3.63, 3.8) is 0 Å². The van der Waals surface area contributed by atoms with Crippen LogP contribution in [0.3, 0.4) is 0 Å². The van der Waals surface area contributed by atoms with Crippen LogP contribution in [0.2, 0.25) is 0 Å². The van der Waals surface area contributed by atoms with Crippen molar-refractivity contribution in [2.75, 3.05) is 13.7 Å². The third kappa shape index (κ3) is 5.22. The van der Waals surface area contributed by atoms with E-state index in [1.54, 1.807) is 24.4 Å². The van der Waals surface area contributed by atoms with E-state index in [1.165, 1.54) is 0 Å². The zero-order valence-corrected chi connectivity index (χ0v) is 16.5. The molecule has 1 atom stereocenters. The monoisotopic (exact) mass is 382 g/mol. The van der Waals surface area contributed by atoms with Crippen molar-refractivity contribution in [2.24, 2.45) is 5.16 Å². The first-order valence-electron chi connectivity index (χ1n) is 9.36. The Hall–Kier alpha value is -3.09. The van der Waals surface area contributed by atoms with Crippen LogP contribution in [0.15, 0.2) is 53.9 Å². The Morgan fingerprint density at radius 1 is 1.36 bits per heavy atom. The lowest BCUT2D eigenvalue weighted by Gasteiger charge is -2.26. The number of rotatable bonds is 7. The molecule has 3 rings (SSSR count). The highest BCUT2D eigenvalue weighted by molar-refractivity contribution is 6.01. The third-order valence-corrected chi connectivity index (χ3v) is 4.36. The SMILES string of the molecule is COc1cccc(CN(CC2CC(c3cccnc3)=NO2)C(=O)NC(C)C)c1. The van der Waals surface area contributed by atoms with Gasteiger partial charge in [0.1, 0.15) is 5.75 Å². The van der Waals surface area contributed by atoms with Crippen LogP contribution in [0, 0.1) is 0 Å². The van der Waals surface area contributed by atoms with Crippen LogP contribution >= 0.6 is 0 Å². The Morgan fingerprint density at radius 2 is 2.21 bits per heavy atom. The second kappa shape index (κ2) is 9.21. The summed E-state index contributed by atoms with van der Waals surface area (Å²) < 4.78 is 5.29. The van der Waals surface area contributed by atoms with Crippen LogP contribution in [-0.4, -0.2) is 47.4 Å².